The fraction of sp³-hybridized carbons (Fsp3) is 0.595. The summed E-state index contributed by atoms with van der Waals surface area (Å²) in [4.78, 5) is 52.7. The van der Waals surface area contributed by atoms with E-state index in [4.69, 9.17) is 15.3 Å². The van der Waals surface area contributed by atoms with E-state index in [1.165, 1.54) is 0 Å². The van der Waals surface area contributed by atoms with Crippen LogP contribution in [0.5, 0.6) is 0 Å². The van der Waals surface area contributed by atoms with Crippen molar-refractivity contribution in [2.24, 2.45) is 29.7 Å². The van der Waals surface area contributed by atoms with Crippen molar-refractivity contribution in [3.05, 3.63) is 30.4 Å². The number of aromatic nitrogens is 5. The van der Waals surface area contributed by atoms with Crippen LogP contribution in [0.3, 0.4) is 0 Å². The minimum atomic E-state index is -0.588. The van der Waals surface area contributed by atoms with E-state index in [1.807, 2.05) is 40.9 Å². The van der Waals surface area contributed by atoms with E-state index >= 15 is 0 Å². The summed E-state index contributed by atoms with van der Waals surface area (Å²) in [5, 5.41) is 36.6. The zero-order chi connectivity index (χ0) is 38.6. The van der Waals surface area contributed by atoms with Gasteiger partial charge in [-0.1, -0.05) is 13.8 Å². The summed E-state index contributed by atoms with van der Waals surface area (Å²) in [6.07, 6.45) is 9.90. The van der Waals surface area contributed by atoms with Crippen molar-refractivity contribution in [2.45, 2.75) is 71.9 Å². The first kappa shape index (κ1) is 38.7. The van der Waals surface area contributed by atoms with E-state index in [0.29, 0.717) is 55.0 Å². The Morgan fingerprint density at radius 2 is 1.70 bits per heavy atom. The number of ether oxygens (including phenoxy) is 1. The molecular weight excluding hydrogens is 676 g/mol. The van der Waals surface area contributed by atoms with Gasteiger partial charge in [-0.25, -0.2) is 14.8 Å². The Morgan fingerprint density at radius 3 is 2.17 bits per heavy atom. The first-order valence-corrected chi connectivity index (χ1v) is 18.0. The van der Waals surface area contributed by atoms with Crippen LogP contribution in [0.25, 0.3) is 22.4 Å². The molecule has 3 N–H and O–H groups in total. The van der Waals surface area contributed by atoms with Gasteiger partial charge in [0, 0.05) is 64.3 Å². The minimum Gasteiger partial charge on any atom is -0.444 e. The molecule has 7 rings (SSSR count). The van der Waals surface area contributed by atoms with E-state index in [0.717, 1.165) is 37.9 Å². The number of nitrogens with zero attached hydrogens (tertiary/aromatic N) is 9. The number of H-pyrrole nitrogens is 1. The van der Waals surface area contributed by atoms with Crippen LogP contribution in [0.15, 0.2) is 24.8 Å². The number of amides is 3. The fourth-order valence-electron chi connectivity index (χ4n) is 6.07. The SMILES string of the molecule is CC(C)(C)OC(=O)N1CC(C#N)C1.CCC1(C#N)CN(C(=O)[C@H](NC(=O)c2c[nH]c3ncc(-c4cnn(C)c4)nc23)C2CC2)C1.CCC1(C#N)CNC1. The topological polar surface area (TPSA) is 222 Å². The second kappa shape index (κ2) is 15.6. The van der Waals surface area contributed by atoms with Gasteiger partial charge in [0.2, 0.25) is 5.91 Å². The van der Waals surface area contributed by atoms with Crippen LogP contribution in [0.4, 0.5) is 4.79 Å². The number of nitriles is 3. The lowest BCUT2D eigenvalue weighted by atomic mass is 9.78. The summed E-state index contributed by atoms with van der Waals surface area (Å²) in [6.45, 7) is 13.1. The number of likely N-dealkylation sites (tertiary alicyclic amines) is 2. The summed E-state index contributed by atoms with van der Waals surface area (Å²) >= 11 is 0. The molecule has 4 aliphatic rings. The normalized spacial score (nSPS) is 18.8. The van der Waals surface area contributed by atoms with Gasteiger partial charge in [0.15, 0.2) is 5.65 Å². The smallest absolute Gasteiger partial charge is 0.410 e. The highest BCUT2D eigenvalue weighted by Crippen LogP contribution is 2.38. The number of carbonyl (C=O) groups is 3. The van der Waals surface area contributed by atoms with Crippen molar-refractivity contribution in [2.75, 3.05) is 39.3 Å². The third kappa shape index (κ3) is 8.93. The molecule has 1 aliphatic carbocycles. The van der Waals surface area contributed by atoms with Crippen molar-refractivity contribution in [1.29, 1.82) is 15.8 Å². The standard InChI is InChI=1S/C22H24N8O2.C9H14N2O2.C6H10N2/c1-3-22(10-23)11-30(12-22)21(32)17(13-4-5-13)28-20(31)15-7-24-19-18(15)27-16(8-25-19)14-6-26-29(2)9-14;1-9(2,3)13-8(12)11-5-7(4-10)6-11;1-2-6(3-7)4-8-5-6/h6-9,13,17H,3-5,11-12H2,1-2H3,(H,24,25)(H,28,31);7H,5-6H2,1-3H3;8H,2,4-5H2,1H3/t17-;;/m1../s1. The number of carbonyl (C=O) groups excluding carboxylic acids is 3. The van der Waals surface area contributed by atoms with Gasteiger partial charge in [0.05, 0.1) is 58.6 Å². The maximum absolute atomic E-state index is 13.1. The first-order valence-electron chi connectivity index (χ1n) is 18.0. The molecule has 16 heteroatoms. The number of hydrogen-bond acceptors (Lipinski definition) is 11. The van der Waals surface area contributed by atoms with Gasteiger partial charge in [-0.15, -0.1) is 0 Å². The van der Waals surface area contributed by atoms with Crippen molar-refractivity contribution >= 4 is 29.1 Å². The third-order valence-corrected chi connectivity index (χ3v) is 10.0. The molecule has 1 saturated carbocycles. The predicted molar refractivity (Wildman–Crippen MR) is 193 cm³/mol. The van der Waals surface area contributed by atoms with Gasteiger partial charge in [-0.3, -0.25) is 14.3 Å². The highest BCUT2D eigenvalue weighted by molar-refractivity contribution is 6.06. The molecule has 1 atom stereocenters. The molecule has 6 heterocycles. The quantitative estimate of drug-likeness (QED) is 0.320. The molecule has 53 heavy (non-hydrogen) atoms. The number of aromatic amines is 1. The lowest BCUT2D eigenvalue weighted by molar-refractivity contribution is -0.143. The lowest BCUT2D eigenvalue weighted by Crippen LogP contribution is -2.62. The van der Waals surface area contributed by atoms with E-state index in [9.17, 15) is 19.6 Å². The Hall–Kier alpha value is -5.53. The molecule has 0 unspecified atom stereocenters. The van der Waals surface area contributed by atoms with E-state index in [2.05, 4.69) is 55.8 Å². The monoisotopic (exact) mass is 724 g/mol. The second-order valence-corrected chi connectivity index (χ2v) is 15.3. The van der Waals surface area contributed by atoms with Crippen LogP contribution in [-0.2, 0) is 16.6 Å². The summed E-state index contributed by atoms with van der Waals surface area (Å²) < 4.78 is 6.79. The van der Waals surface area contributed by atoms with Gasteiger partial charge >= 0.3 is 6.09 Å². The highest BCUT2D eigenvalue weighted by atomic mass is 16.6. The van der Waals surface area contributed by atoms with Gasteiger partial charge in [0.1, 0.15) is 17.2 Å². The zero-order valence-electron chi connectivity index (χ0n) is 31.3. The van der Waals surface area contributed by atoms with Crippen molar-refractivity contribution in [3.8, 4) is 29.5 Å². The van der Waals surface area contributed by atoms with Gasteiger partial charge in [-0.05, 0) is 52.4 Å². The lowest BCUT2D eigenvalue weighted by Gasteiger charge is -2.46. The summed E-state index contributed by atoms with van der Waals surface area (Å²) in [5.74, 6) is -0.344. The summed E-state index contributed by atoms with van der Waals surface area (Å²) in [7, 11) is 1.82. The molecular formula is C37H48N12O4. The molecule has 16 nitrogen and oxygen atoms in total. The number of rotatable bonds is 7. The molecule has 0 aromatic carbocycles. The van der Waals surface area contributed by atoms with Gasteiger partial charge in [0.25, 0.3) is 5.91 Å². The molecule has 0 bridgehead atoms. The Bertz CT molecular complexity index is 1930. The van der Waals surface area contributed by atoms with Crippen LogP contribution in [0, 0.1) is 56.7 Å². The molecule has 3 aromatic heterocycles. The van der Waals surface area contributed by atoms with E-state index < -0.39 is 17.1 Å². The largest absolute Gasteiger partial charge is 0.444 e. The molecule has 3 aromatic rings. The number of hydrogen-bond donors (Lipinski definition) is 3. The Morgan fingerprint density at radius 1 is 1.04 bits per heavy atom. The maximum Gasteiger partial charge on any atom is 0.410 e. The Kier molecular flexibility index (Phi) is 11.4. The molecule has 4 fully saturated rings. The molecule has 3 amide bonds. The summed E-state index contributed by atoms with van der Waals surface area (Å²) in [5.41, 5.74) is 1.81. The van der Waals surface area contributed by atoms with Crippen LogP contribution < -0.4 is 10.6 Å². The molecule has 0 spiro atoms. The van der Waals surface area contributed by atoms with Gasteiger partial charge in [-0.2, -0.15) is 20.9 Å². The molecule has 3 saturated heterocycles. The van der Waals surface area contributed by atoms with Crippen molar-refractivity contribution in [1.82, 2.24) is 45.2 Å². The maximum atomic E-state index is 13.1. The molecule has 3 aliphatic heterocycles. The Labute approximate surface area is 309 Å². The molecule has 0 radical (unpaired) electrons. The number of aryl methyl sites for hydroxylation is 1. The number of nitrogens with one attached hydrogen (secondary N) is 3. The number of fused-ring (bicyclic) bond motifs is 1. The third-order valence-electron chi connectivity index (χ3n) is 10.0. The summed E-state index contributed by atoms with van der Waals surface area (Å²) in [6, 6.07) is 6.14. The predicted octanol–water partition coefficient (Wildman–Crippen LogP) is 3.52. The van der Waals surface area contributed by atoms with E-state index in [1.54, 1.807) is 33.1 Å². The van der Waals surface area contributed by atoms with Crippen molar-refractivity contribution in [3.63, 3.8) is 0 Å². The van der Waals surface area contributed by atoms with Crippen LogP contribution in [0.1, 0.15) is 70.7 Å². The Balaban J connectivity index is 0.000000211. The van der Waals surface area contributed by atoms with Crippen LogP contribution >= 0.6 is 0 Å². The average molecular weight is 725 g/mol. The van der Waals surface area contributed by atoms with Crippen molar-refractivity contribution < 1.29 is 19.1 Å². The highest BCUT2D eigenvalue weighted by Gasteiger charge is 2.48. The fourth-order valence-corrected chi connectivity index (χ4v) is 6.07. The first-order chi connectivity index (χ1) is 25.2. The van der Waals surface area contributed by atoms with Gasteiger partial charge < -0.3 is 30.2 Å². The average Bonchev–Trinajstić information content (AvgIpc) is 3.67. The van der Waals surface area contributed by atoms with Crippen LogP contribution in [-0.4, -0.2) is 103 Å². The van der Waals surface area contributed by atoms with E-state index in [-0.39, 0.29) is 35.2 Å². The minimum absolute atomic E-state index is 0. The second-order valence-electron chi connectivity index (χ2n) is 15.3. The zero-order valence-corrected chi connectivity index (χ0v) is 31.3. The van der Waals surface area contributed by atoms with Crippen LogP contribution in [0.2, 0.25) is 0 Å². The molecule has 280 valence electrons.